The minimum Gasteiger partial charge on any atom is -0.503 e. The van der Waals surface area contributed by atoms with Crippen LogP contribution in [0.1, 0.15) is 11.1 Å². The highest BCUT2D eigenvalue weighted by atomic mass is 35.5. The fourth-order valence-corrected chi connectivity index (χ4v) is 3.05. The first-order valence-corrected chi connectivity index (χ1v) is 8.69. The Labute approximate surface area is 170 Å². The van der Waals surface area contributed by atoms with Crippen molar-refractivity contribution in [1.82, 2.24) is 0 Å². The second-order valence-electron chi connectivity index (χ2n) is 5.42. The van der Waals surface area contributed by atoms with Gasteiger partial charge in [0.05, 0.1) is 42.1 Å². The highest BCUT2D eigenvalue weighted by Gasteiger charge is 2.18. The maximum Gasteiger partial charge on any atom is 0.309 e. The zero-order chi connectivity index (χ0) is 20.1. The zero-order valence-corrected chi connectivity index (χ0v) is 16.6. The summed E-state index contributed by atoms with van der Waals surface area (Å²) in [4.78, 5) is 22.8. The van der Waals surface area contributed by atoms with Gasteiger partial charge in [-0.05, 0) is 35.4 Å². The van der Waals surface area contributed by atoms with Crippen LogP contribution >= 0.6 is 34.8 Å². The van der Waals surface area contributed by atoms with Crippen molar-refractivity contribution in [2.24, 2.45) is 0 Å². The SMILES string of the molecule is COC(=O)Cc1cc(Cl)c(Oc2cc(CC(=O)OC)cc(Cl)c2O)c(Cl)c1. The first kappa shape index (κ1) is 21.2. The number of carbonyl (C=O) groups is 2. The Morgan fingerprint density at radius 3 is 1.78 bits per heavy atom. The number of phenols is 1. The molecular formula is C18H15Cl3O6. The van der Waals surface area contributed by atoms with Gasteiger partial charge in [0, 0.05) is 0 Å². The van der Waals surface area contributed by atoms with E-state index >= 15 is 0 Å². The standard InChI is InChI=1S/C18H15Cl3O6/c1-25-15(22)7-9-4-12(20)18(13(21)5-9)27-14-6-10(8-16(23)26-2)3-11(19)17(14)24/h3-6,24H,7-8H2,1-2H3. The molecule has 0 aliphatic heterocycles. The molecule has 0 atom stereocenters. The van der Waals surface area contributed by atoms with Gasteiger partial charge in [0.15, 0.2) is 17.2 Å². The molecule has 0 saturated heterocycles. The van der Waals surface area contributed by atoms with E-state index in [0.717, 1.165) is 0 Å². The molecule has 0 radical (unpaired) electrons. The summed E-state index contributed by atoms with van der Waals surface area (Å²) in [6.45, 7) is 0. The third-order valence-corrected chi connectivity index (χ3v) is 4.36. The number of phenolic OH excluding ortho intramolecular Hbond substituents is 1. The van der Waals surface area contributed by atoms with Gasteiger partial charge in [0.1, 0.15) is 0 Å². The quantitative estimate of drug-likeness (QED) is 0.672. The maximum atomic E-state index is 11.5. The number of esters is 2. The van der Waals surface area contributed by atoms with Crippen molar-refractivity contribution in [3.05, 3.63) is 50.5 Å². The maximum absolute atomic E-state index is 11.5. The first-order chi connectivity index (χ1) is 12.7. The topological polar surface area (TPSA) is 82.1 Å². The number of carbonyl (C=O) groups excluding carboxylic acids is 2. The molecular weight excluding hydrogens is 419 g/mol. The van der Waals surface area contributed by atoms with Gasteiger partial charge in [0.2, 0.25) is 0 Å². The number of rotatable bonds is 6. The Morgan fingerprint density at radius 1 is 0.852 bits per heavy atom. The van der Waals surface area contributed by atoms with Crippen LogP contribution in [0, 0.1) is 0 Å². The van der Waals surface area contributed by atoms with Crippen LogP contribution in [0.2, 0.25) is 15.1 Å². The van der Waals surface area contributed by atoms with Crippen molar-refractivity contribution < 1.29 is 28.9 Å². The number of aromatic hydroxyl groups is 1. The van der Waals surface area contributed by atoms with Crippen LogP contribution in [0.3, 0.4) is 0 Å². The zero-order valence-electron chi connectivity index (χ0n) is 14.3. The Hall–Kier alpha value is -2.15. The molecule has 0 fully saturated rings. The molecule has 1 N–H and O–H groups in total. The molecule has 0 spiro atoms. The van der Waals surface area contributed by atoms with Crippen LogP contribution in [-0.2, 0) is 31.9 Å². The molecule has 0 unspecified atom stereocenters. The Kier molecular flexibility index (Phi) is 7.18. The number of halogens is 3. The lowest BCUT2D eigenvalue weighted by molar-refractivity contribution is -0.140. The fraction of sp³-hybridized carbons (Fsp3) is 0.222. The second-order valence-corrected chi connectivity index (χ2v) is 6.64. The molecule has 0 amide bonds. The van der Waals surface area contributed by atoms with Gasteiger partial charge in [0.25, 0.3) is 0 Å². The van der Waals surface area contributed by atoms with Crippen molar-refractivity contribution in [2.75, 3.05) is 14.2 Å². The second kappa shape index (κ2) is 9.17. The molecule has 0 saturated carbocycles. The summed E-state index contributed by atoms with van der Waals surface area (Å²) in [6.07, 6.45) is -0.0751. The molecule has 2 rings (SSSR count). The minimum absolute atomic E-state index is 0.0120. The Balaban J connectivity index is 2.36. The molecule has 0 bridgehead atoms. The van der Waals surface area contributed by atoms with E-state index in [1.165, 1.54) is 38.5 Å². The summed E-state index contributed by atoms with van der Waals surface area (Å²) in [7, 11) is 2.54. The minimum atomic E-state index is -0.481. The smallest absolute Gasteiger partial charge is 0.309 e. The molecule has 6 nitrogen and oxygen atoms in total. The summed E-state index contributed by atoms with van der Waals surface area (Å²) in [6, 6.07) is 5.84. The van der Waals surface area contributed by atoms with Crippen molar-refractivity contribution >= 4 is 46.7 Å². The molecule has 2 aromatic carbocycles. The van der Waals surface area contributed by atoms with E-state index in [1.54, 1.807) is 0 Å². The monoisotopic (exact) mass is 432 g/mol. The van der Waals surface area contributed by atoms with E-state index < -0.39 is 11.9 Å². The third kappa shape index (κ3) is 5.42. The number of hydrogen-bond donors (Lipinski definition) is 1. The van der Waals surface area contributed by atoms with Crippen LogP contribution in [0.15, 0.2) is 24.3 Å². The van der Waals surface area contributed by atoms with Gasteiger partial charge in [-0.1, -0.05) is 34.8 Å². The molecule has 2 aromatic rings. The average Bonchev–Trinajstić information content (AvgIpc) is 2.61. The summed E-state index contributed by atoms with van der Waals surface area (Å²) >= 11 is 18.4. The van der Waals surface area contributed by atoms with E-state index in [2.05, 4.69) is 9.47 Å². The largest absolute Gasteiger partial charge is 0.503 e. The van der Waals surface area contributed by atoms with Crippen molar-refractivity contribution in [1.29, 1.82) is 0 Å². The van der Waals surface area contributed by atoms with Crippen LogP contribution < -0.4 is 4.74 Å². The predicted molar refractivity (Wildman–Crippen MR) is 101 cm³/mol. The highest BCUT2D eigenvalue weighted by molar-refractivity contribution is 6.37. The number of methoxy groups -OCH3 is 2. The first-order valence-electron chi connectivity index (χ1n) is 7.56. The predicted octanol–water partition coefficient (Wildman–Crippen LogP) is 4.58. The van der Waals surface area contributed by atoms with Crippen LogP contribution in [0.25, 0.3) is 0 Å². The molecule has 144 valence electrons. The van der Waals surface area contributed by atoms with Crippen LogP contribution in [0.5, 0.6) is 17.2 Å². The molecule has 0 aliphatic carbocycles. The lowest BCUT2D eigenvalue weighted by Gasteiger charge is -2.14. The average molecular weight is 434 g/mol. The van der Waals surface area contributed by atoms with Gasteiger partial charge in [-0.25, -0.2) is 0 Å². The van der Waals surface area contributed by atoms with Gasteiger partial charge < -0.3 is 19.3 Å². The van der Waals surface area contributed by atoms with Crippen molar-refractivity contribution in [3.63, 3.8) is 0 Å². The van der Waals surface area contributed by atoms with E-state index in [0.29, 0.717) is 11.1 Å². The van der Waals surface area contributed by atoms with Gasteiger partial charge >= 0.3 is 11.9 Å². The van der Waals surface area contributed by atoms with E-state index in [1.807, 2.05) is 0 Å². The summed E-state index contributed by atoms with van der Waals surface area (Å²) in [5, 5.41) is 10.4. The number of hydrogen-bond acceptors (Lipinski definition) is 6. The normalized spacial score (nSPS) is 10.4. The summed E-state index contributed by atoms with van der Waals surface area (Å²) in [5.41, 5.74) is 1.00. The fourth-order valence-electron chi connectivity index (χ4n) is 2.21. The lowest BCUT2D eigenvalue weighted by atomic mass is 10.1. The van der Waals surface area contributed by atoms with Crippen molar-refractivity contribution in [3.8, 4) is 17.2 Å². The molecule has 0 aromatic heterocycles. The van der Waals surface area contributed by atoms with Gasteiger partial charge in [-0.15, -0.1) is 0 Å². The van der Waals surface area contributed by atoms with E-state index in [4.69, 9.17) is 39.5 Å². The van der Waals surface area contributed by atoms with Gasteiger partial charge in [-0.2, -0.15) is 0 Å². The Bertz CT molecular complexity index is 859. The van der Waals surface area contributed by atoms with E-state index in [-0.39, 0.29) is 45.2 Å². The molecule has 27 heavy (non-hydrogen) atoms. The van der Waals surface area contributed by atoms with E-state index in [9.17, 15) is 14.7 Å². The van der Waals surface area contributed by atoms with Gasteiger partial charge in [-0.3, -0.25) is 9.59 Å². The van der Waals surface area contributed by atoms with Crippen LogP contribution in [-0.4, -0.2) is 31.3 Å². The molecule has 9 heteroatoms. The Morgan fingerprint density at radius 2 is 1.30 bits per heavy atom. The molecule has 0 aliphatic rings. The van der Waals surface area contributed by atoms with Crippen LogP contribution in [0.4, 0.5) is 0 Å². The summed E-state index contributed by atoms with van der Waals surface area (Å²) in [5.74, 6) is -1.24. The number of benzene rings is 2. The lowest BCUT2D eigenvalue weighted by Crippen LogP contribution is -2.05. The third-order valence-electron chi connectivity index (χ3n) is 3.51. The molecule has 0 heterocycles. The van der Waals surface area contributed by atoms with Crippen molar-refractivity contribution in [2.45, 2.75) is 12.8 Å². The highest BCUT2D eigenvalue weighted by Crippen LogP contribution is 2.43. The number of ether oxygens (including phenoxy) is 3. The summed E-state index contributed by atoms with van der Waals surface area (Å²) < 4.78 is 14.8.